The number of benzene rings is 1. The number of Topliss-reactive ketones (excluding diaryl/α,β-unsaturated/α-hetero) is 1. The van der Waals surface area contributed by atoms with Crippen molar-refractivity contribution in [2.45, 2.75) is 13.1 Å². The van der Waals surface area contributed by atoms with Gasteiger partial charge in [0.1, 0.15) is 5.75 Å². The minimum atomic E-state index is -4.65. The summed E-state index contributed by atoms with van der Waals surface area (Å²) in [7, 11) is 0. The van der Waals surface area contributed by atoms with Crippen LogP contribution in [0.15, 0.2) is 41.0 Å². The Kier molecular flexibility index (Phi) is 6.13. The van der Waals surface area contributed by atoms with Crippen molar-refractivity contribution in [1.82, 2.24) is 4.98 Å². The van der Waals surface area contributed by atoms with Gasteiger partial charge in [-0.1, -0.05) is 15.9 Å². The number of hydrogen-bond donors (Lipinski definition) is 0. The molecule has 0 radical (unpaired) electrons. The SMILES string of the molecule is CC(=O)c1cnc(Oc2ccc(Br)cc2)cc1C(F)(F)F.[Br-]. The first-order valence-corrected chi connectivity index (χ1v) is 6.58. The number of carbonyl (C=O) groups is 1. The lowest BCUT2D eigenvalue weighted by atomic mass is 10.1. The van der Waals surface area contributed by atoms with E-state index in [9.17, 15) is 18.0 Å². The minimum Gasteiger partial charge on any atom is -1.00 e. The number of pyridine rings is 1. The molecule has 0 aliphatic heterocycles. The highest BCUT2D eigenvalue weighted by Crippen LogP contribution is 2.34. The summed E-state index contributed by atoms with van der Waals surface area (Å²) in [5.41, 5.74) is -1.54. The number of alkyl halides is 3. The van der Waals surface area contributed by atoms with Gasteiger partial charge in [-0.15, -0.1) is 0 Å². The lowest BCUT2D eigenvalue weighted by Gasteiger charge is -2.12. The molecule has 0 bridgehead atoms. The molecule has 1 aromatic heterocycles. The Bertz CT molecular complexity index is 673. The van der Waals surface area contributed by atoms with Crippen LogP contribution in [0.5, 0.6) is 11.6 Å². The number of ketones is 1. The second-order valence-corrected chi connectivity index (χ2v) is 5.09. The third-order valence-corrected chi connectivity index (χ3v) is 3.13. The highest BCUT2D eigenvalue weighted by molar-refractivity contribution is 9.10. The van der Waals surface area contributed by atoms with E-state index in [0.29, 0.717) is 5.75 Å². The maximum atomic E-state index is 12.9. The predicted octanol–water partition coefficient (Wildman–Crippen LogP) is 1.86. The van der Waals surface area contributed by atoms with Crippen molar-refractivity contribution in [1.29, 1.82) is 0 Å². The van der Waals surface area contributed by atoms with Crippen LogP contribution in [0.25, 0.3) is 0 Å². The molecule has 0 atom stereocenters. The number of hydrogen-bond acceptors (Lipinski definition) is 3. The molecule has 0 spiro atoms. The average Bonchev–Trinajstić information content (AvgIpc) is 2.40. The van der Waals surface area contributed by atoms with Gasteiger partial charge in [-0.2, -0.15) is 13.2 Å². The number of carbonyl (C=O) groups excluding carboxylic acids is 1. The maximum absolute atomic E-state index is 12.9. The quantitative estimate of drug-likeness (QED) is 0.685. The summed E-state index contributed by atoms with van der Waals surface area (Å²) in [6.45, 7) is 1.06. The van der Waals surface area contributed by atoms with Gasteiger partial charge in [0.15, 0.2) is 5.78 Å². The van der Waals surface area contributed by atoms with Gasteiger partial charge in [0.05, 0.1) is 5.56 Å². The first kappa shape index (κ1) is 18.6. The van der Waals surface area contributed by atoms with Gasteiger partial charge >= 0.3 is 6.18 Å². The molecule has 2 rings (SSSR count). The molecule has 0 amide bonds. The standard InChI is InChI=1S/C14H9BrF3NO2.BrH/c1-8(20)11-7-19-13(6-12(11)14(16,17)18)21-10-4-2-9(15)3-5-10;/h2-7H,1H3;1H/p-1. The van der Waals surface area contributed by atoms with Gasteiger partial charge in [0.25, 0.3) is 0 Å². The van der Waals surface area contributed by atoms with Crippen LogP contribution in [0, 0.1) is 0 Å². The molecule has 0 unspecified atom stereocenters. The summed E-state index contributed by atoms with van der Waals surface area (Å²) in [4.78, 5) is 15.0. The van der Waals surface area contributed by atoms with E-state index in [1.165, 1.54) is 0 Å². The number of ether oxygens (including phenoxy) is 1. The molecule has 118 valence electrons. The number of rotatable bonds is 3. The van der Waals surface area contributed by atoms with E-state index in [4.69, 9.17) is 4.74 Å². The molecule has 0 aliphatic carbocycles. The van der Waals surface area contributed by atoms with Crippen LogP contribution >= 0.6 is 15.9 Å². The molecule has 0 saturated heterocycles. The van der Waals surface area contributed by atoms with Crippen LogP contribution in [0.1, 0.15) is 22.8 Å². The third kappa shape index (κ3) is 4.54. The van der Waals surface area contributed by atoms with Crippen molar-refractivity contribution >= 4 is 21.7 Å². The molecule has 2 aromatic rings. The number of aromatic nitrogens is 1. The van der Waals surface area contributed by atoms with E-state index < -0.39 is 23.1 Å². The molecule has 1 heterocycles. The summed E-state index contributed by atoms with van der Waals surface area (Å²) in [6, 6.07) is 7.25. The highest BCUT2D eigenvalue weighted by Gasteiger charge is 2.35. The van der Waals surface area contributed by atoms with Gasteiger partial charge in [0, 0.05) is 22.3 Å². The highest BCUT2D eigenvalue weighted by atomic mass is 79.9. The first-order valence-electron chi connectivity index (χ1n) is 5.79. The summed E-state index contributed by atoms with van der Waals surface area (Å²) >= 11 is 3.24. The zero-order valence-electron chi connectivity index (χ0n) is 11.1. The topological polar surface area (TPSA) is 39.2 Å². The minimum absolute atomic E-state index is 0. The van der Waals surface area contributed by atoms with Gasteiger partial charge in [-0.25, -0.2) is 4.98 Å². The van der Waals surface area contributed by atoms with E-state index in [0.717, 1.165) is 23.7 Å². The Morgan fingerprint density at radius 1 is 1.23 bits per heavy atom. The smallest absolute Gasteiger partial charge is 0.417 e. The Balaban J connectivity index is 0.00000242. The molecule has 8 heteroatoms. The van der Waals surface area contributed by atoms with Gasteiger partial charge < -0.3 is 21.7 Å². The molecule has 3 nitrogen and oxygen atoms in total. The summed E-state index contributed by atoms with van der Waals surface area (Å²) in [6.07, 6.45) is -3.78. The Labute approximate surface area is 143 Å². The molecule has 0 N–H and O–H groups in total. The molecular weight excluding hydrogens is 431 g/mol. The van der Waals surface area contributed by atoms with Crippen LogP contribution in [0.4, 0.5) is 13.2 Å². The number of halogens is 5. The van der Waals surface area contributed by atoms with Crippen molar-refractivity contribution in [3.63, 3.8) is 0 Å². The molecule has 0 saturated carbocycles. The van der Waals surface area contributed by atoms with E-state index in [2.05, 4.69) is 20.9 Å². The van der Waals surface area contributed by atoms with Crippen LogP contribution in [-0.2, 0) is 6.18 Å². The van der Waals surface area contributed by atoms with E-state index in [1.54, 1.807) is 24.3 Å². The average molecular weight is 440 g/mol. The summed E-state index contributed by atoms with van der Waals surface area (Å²) in [5.74, 6) is -0.589. The first-order chi connectivity index (χ1) is 9.77. The zero-order valence-corrected chi connectivity index (χ0v) is 14.3. The van der Waals surface area contributed by atoms with E-state index in [-0.39, 0.29) is 22.9 Å². The summed E-state index contributed by atoms with van der Waals surface area (Å²) < 4.78 is 44.9. The predicted molar refractivity (Wildman–Crippen MR) is 73.5 cm³/mol. The van der Waals surface area contributed by atoms with Crippen LogP contribution < -0.4 is 21.7 Å². The second kappa shape index (κ2) is 7.23. The fourth-order valence-corrected chi connectivity index (χ4v) is 1.89. The lowest BCUT2D eigenvalue weighted by molar-refractivity contribution is -0.138. The normalized spacial score (nSPS) is 10.8. The molecule has 22 heavy (non-hydrogen) atoms. The van der Waals surface area contributed by atoms with Crippen molar-refractivity contribution in [2.75, 3.05) is 0 Å². The zero-order chi connectivity index (χ0) is 15.6. The van der Waals surface area contributed by atoms with E-state index in [1.807, 2.05) is 0 Å². The molecule has 0 fully saturated rings. The number of nitrogens with zero attached hydrogens (tertiary/aromatic N) is 1. The Hall–Kier alpha value is -1.41. The third-order valence-electron chi connectivity index (χ3n) is 2.60. The largest absolute Gasteiger partial charge is 1.00 e. The van der Waals surface area contributed by atoms with Crippen molar-refractivity contribution in [3.8, 4) is 11.6 Å². The lowest BCUT2D eigenvalue weighted by Crippen LogP contribution is -3.00. The summed E-state index contributed by atoms with van der Waals surface area (Å²) in [5, 5.41) is 0. The van der Waals surface area contributed by atoms with Crippen LogP contribution in [0.3, 0.4) is 0 Å². The fraction of sp³-hybridized carbons (Fsp3) is 0.143. The molecular formula is C14H9Br2F3NO2-. The van der Waals surface area contributed by atoms with Gasteiger partial charge in [0.2, 0.25) is 5.88 Å². The molecule has 1 aromatic carbocycles. The van der Waals surface area contributed by atoms with Crippen molar-refractivity contribution in [3.05, 3.63) is 52.1 Å². The maximum Gasteiger partial charge on any atom is 0.417 e. The van der Waals surface area contributed by atoms with Crippen molar-refractivity contribution < 1.29 is 39.7 Å². The van der Waals surface area contributed by atoms with Crippen LogP contribution in [-0.4, -0.2) is 10.8 Å². The Morgan fingerprint density at radius 2 is 1.82 bits per heavy atom. The monoisotopic (exact) mass is 438 g/mol. The van der Waals surface area contributed by atoms with Gasteiger partial charge in [-0.3, -0.25) is 4.79 Å². The van der Waals surface area contributed by atoms with Crippen molar-refractivity contribution in [2.24, 2.45) is 0 Å². The van der Waals surface area contributed by atoms with Crippen LogP contribution in [0.2, 0.25) is 0 Å². The second-order valence-electron chi connectivity index (χ2n) is 4.18. The molecule has 0 aliphatic rings. The fourth-order valence-electron chi connectivity index (χ4n) is 1.63. The van der Waals surface area contributed by atoms with E-state index >= 15 is 0 Å². The Morgan fingerprint density at radius 3 is 2.32 bits per heavy atom. The van der Waals surface area contributed by atoms with Gasteiger partial charge in [-0.05, 0) is 31.2 Å².